The van der Waals surface area contributed by atoms with E-state index in [4.69, 9.17) is 0 Å². The largest absolute Gasteiger partial charge is 0.393 e. The van der Waals surface area contributed by atoms with Gasteiger partial charge in [0.1, 0.15) is 0 Å². The summed E-state index contributed by atoms with van der Waals surface area (Å²) in [6.07, 6.45) is 1.51. The summed E-state index contributed by atoms with van der Waals surface area (Å²) < 4.78 is 0. The molecule has 1 aromatic rings. The molecule has 0 saturated carbocycles. The fraction of sp³-hybridized carbons (Fsp3) is 0.714. The Bertz CT molecular complexity index is 536. The predicted molar refractivity (Wildman–Crippen MR) is 98.9 cm³/mol. The molecule has 1 aliphatic rings. The van der Waals surface area contributed by atoms with Gasteiger partial charge in [0, 0.05) is 17.0 Å². The van der Waals surface area contributed by atoms with Crippen LogP contribution in [0.4, 0.5) is 0 Å². The van der Waals surface area contributed by atoms with Crippen LogP contribution >= 0.6 is 0 Å². The predicted octanol–water partition coefficient (Wildman–Crippen LogP) is 4.40. The third-order valence-corrected chi connectivity index (χ3v) is 6.13. The van der Waals surface area contributed by atoms with Crippen LogP contribution < -0.4 is 0 Å². The zero-order valence-electron chi connectivity index (χ0n) is 16.3. The second-order valence-electron chi connectivity index (χ2n) is 9.55. The van der Waals surface area contributed by atoms with Crippen molar-refractivity contribution in [2.75, 3.05) is 7.05 Å². The van der Waals surface area contributed by atoms with E-state index in [1.165, 1.54) is 11.1 Å². The number of likely N-dealkylation sites (tertiary alicyclic amines) is 1. The van der Waals surface area contributed by atoms with E-state index in [1.54, 1.807) is 0 Å². The third-order valence-electron chi connectivity index (χ3n) is 6.13. The van der Waals surface area contributed by atoms with Gasteiger partial charge < -0.3 is 5.11 Å². The number of aliphatic hydroxyl groups is 1. The minimum Gasteiger partial charge on any atom is -0.393 e. The lowest BCUT2D eigenvalue weighted by atomic mass is 9.69. The molecule has 0 bridgehead atoms. The first-order valence-corrected chi connectivity index (χ1v) is 8.87. The highest BCUT2D eigenvalue weighted by atomic mass is 16.3. The standard InChI is InChI=1S/C21H35NO/c1-19(2,3)16-11-9-15(10-12-16)13-17-18(23)14-20(4,5)22(8)21(17,6)7/h9-12,17-18,23H,13-14H2,1-8H3. The van der Waals surface area contributed by atoms with Gasteiger partial charge >= 0.3 is 0 Å². The topological polar surface area (TPSA) is 23.5 Å². The Balaban J connectivity index is 2.22. The van der Waals surface area contributed by atoms with Crippen molar-refractivity contribution in [1.82, 2.24) is 4.90 Å². The molecule has 2 unspecified atom stereocenters. The smallest absolute Gasteiger partial charge is 0.0606 e. The minimum absolute atomic E-state index is 0.0239. The van der Waals surface area contributed by atoms with Crippen LogP contribution in [0.5, 0.6) is 0 Å². The molecule has 2 rings (SSSR count). The Kier molecular flexibility index (Phi) is 4.74. The van der Waals surface area contributed by atoms with E-state index < -0.39 is 0 Å². The van der Waals surface area contributed by atoms with Gasteiger partial charge in [0.05, 0.1) is 6.10 Å². The molecular formula is C21H35NO. The third kappa shape index (κ3) is 3.64. The highest BCUT2D eigenvalue weighted by Gasteiger charge is 2.49. The van der Waals surface area contributed by atoms with Crippen LogP contribution in [0, 0.1) is 5.92 Å². The van der Waals surface area contributed by atoms with Gasteiger partial charge in [-0.25, -0.2) is 0 Å². The first-order chi connectivity index (χ1) is 10.4. The summed E-state index contributed by atoms with van der Waals surface area (Å²) in [5.41, 5.74) is 2.89. The van der Waals surface area contributed by atoms with E-state index in [-0.39, 0.29) is 28.5 Å². The van der Waals surface area contributed by atoms with Crippen LogP contribution in [-0.4, -0.2) is 34.2 Å². The van der Waals surface area contributed by atoms with Gasteiger partial charge in [-0.1, -0.05) is 45.0 Å². The van der Waals surface area contributed by atoms with E-state index in [2.05, 4.69) is 84.7 Å². The number of nitrogens with zero attached hydrogens (tertiary/aromatic N) is 1. The van der Waals surface area contributed by atoms with E-state index in [0.717, 1.165) is 12.8 Å². The fourth-order valence-electron chi connectivity index (χ4n) is 4.07. The number of aliphatic hydroxyl groups excluding tert-OH is 1. The molecule has 1 aromatic carbocycles. The Morgan fingerprint density at radius 2 is 1.61 bits per heavy atom. The summed E-state index contributed by atoms with van der Waals surface area (Å²) >= 11 is 0. The zero-order chi connectivity index (χ0) is 17.6. The monoisotopic (exact) mass is 317 g/mol. The van der Waals surface area contributed by atoms with E-state index in [0.29, 0.717) is 0 Å². The van der Waals surface area contributed by atoms with Crippen molar-refractivity contribution < 1.29 is 5.11 Å². The molecular weight excluding hydrogens is 282 g/mol. The SMILES string of the molecule is CN1C(C)(C)CC(O)C(Cc2ccc(C(C)(C)C)cc2)C1(C)C. The van der Waals surface area contributed by atoms with Crippen molar-refractivity contribution in [3.05, 3.63) is 35.4 Å². The van der Waals surface area contributed by atoms with Crippen LogP contribution in [0.3, 0.4) is 0 Å². The van der Waals surface area contributed by atoms with Gasteiger partial charge in [-0.2, -0.15) is 0 Å². The molecule has 130 valence electrons. The quantitative estimate of drug-likeness (QED) is 0.874. The summed E-state index contributed by atoms with van der Waals surface area (Å²) in [4.78, 5) is 2.45. The van der Waals surface area contributed by atoms with Gasteiger partial charge in [0.25, 0.3) is 0 Å². The molecule has 0 radical (unpaired) electrons. The first kappa shape index (κ1) is 18.5. The molecule has 1 aliphatic heterocycles. The van der Waals surface area contributed by atoms with Gasteiger partial charge in [-0.05, 0) is 64.1 Å². The minimum atomic E-state index is -0.251. The Morgan fingerprint density at radius 1 is 1.09 bits per heavy atom. The molecule has 23 heavy (non-hydrogen) atoms. The van der Waals surface area contributed by atoms with Gasteiger partial charge in [-0.3, -0.25) is 4.90 Å². The maximum atomic E-state index is 10.8. The number of hydrogen-bond acceptors (Lipinski definition) is 2. The number of rotatable bonds is 2. The fourth-order valence-corrected chi connectivity index (χ4v) is 4.07. The second kappa shape index (κ2) is 5.89. The number of hydrogen-bond donors (Lipinski definition) is 1. The maximum Gasteiger partial charge on any atom is 0.0606 e. The van der Waals surface area contributed by atoms with Crippen molar-refractivity contribution in [1.29, 1.82) is 0 Å². The maximum absolute atomic E-state index is 10.8. The molecule has 1 N–H and O–H groups in total. The van der Waals surface area contributed by atoms with Crippen LogP contribution in [-0.2, 0) is 11.8 Å². The van der Waals surface area contributed by atoms with Crippen molar-refractivity contribution in [3.63, 3.8) is 0 Å². The van der Waals surface area contributed by atoms with E-state index in [1.807, 2.05) is 0 Å². The average Bonchev–Trinajstić information content (AvgIpc) is 2.41. The Hall–Kier alpha value is -0.860. The van der Waals surface area contributed by atoms with Crippen LogP contribution in [0.2, 0.25) is 0 Å². The van der Waals surface area contributed by atoms with Crippen molar-refractivity contribution >= 4 is 0 Å². The molecule has 2 nitrogen and oxygen atoms in total. The van der Waals surface area contributed by atoms with E-state index in [9.17, 15) is 5.11 Å². The molecule has 0 spiro atoms. The number of benzene rings is 1. The van der Waals surface area contributed by atoms with Crippen molar-refractivity contribution in [2.45, 2.75) is 83.9 Å². The molecule has 0 aliphatic carbocycles. The summed E-state index contributed by atoms with van der Waals surface area (Å²) in [6.45, 7) is 15.7. The highest BCUT2D eigenvalue weighted by Crippen LogP contribution is 2.42. The molecule has 1 heterocycles. The highest BCUT2D eigenvalue weighted by molar-refractivity contribution is 5.28. The molecule has 2 heteroatoms. The lowest BCUT2D eigenvalue weighted by Gasteiger charge is -2.57. The Labute approximate surface area is 142 Å². The zero-order valence-corrected chi connectivity index (χ0v) is 16.3. The lowest BCUT2D eigenvalue weighted by Crippen LogP contribution is -2.65. The summed E-state index contributed by atoms with van der Waals surface area (Å²) in [5.74, 6) is 0.251. The van der Waals surface area contributed by atoms with Crippen LogP contribution in [0.25, 0.3) is 0 Å². The molecule has 0 amide bonds. The Morgan fingerprint density at radius 3 is 2.09 bits per heavy atom. The summed E-state index contributed by atoms with van der Waals surface area (Å²) in [6, 6.07) is 8.96. The van der Waals surface area contributed by atoms with Gasteiger partial charge in [-0.15, -0.1) is 0 Å². The summed E-state index contributed by atoms with van der Waals surface area (Å²) in [5, 5.41) is 10.8. The lowest BCUT2D eigenvalue weighted by molar-refractivity contribution is -0.111. The first-order valence-electron chi connectivity index (χ1n) is 8.87. The van der Waals surface area contributed by atoms with Gasteiger partial charge in [0.15, 0.2) is 0 Å². The van der Waals surface area contributed by atoms with E-state index >= 15 is 0 Å². The number of piperidine rings is 1. The van der Waals surface area contributed by atoms with Gasteiger partial charge in [0.2, 0.25) is 0 Å². The van der Waals surface area contributed by atoms with Crippen LogP contribution in [0.1, 0.15) is 66.0 Å². The molecule has 1 fully saturated rings. The molecule has 1 saturated heterocycles. The molecule has 2 atom stereocenters. The van der Waals surface area contributed by atoms with Crippen molar-refractivity contribution in [2.24, 2.45) is 5.92 Å². The average molecular weight is 318 g/mol. The summed E-state index contributed by atoms with van der Waals surface area (Å²) in [7, 11) is 2.20. The van der Waals surface area contributed by atoms with Crippen LogP contribution in [0.15, 0.2) is 24.3 Å². The second-order valence-corrected chi connectivity index (χ2v) is 9.55. The molecule has 0 aromatic heterocycles. The van der Waals surface area contributed by atoms with Crippen molar-refractivity contribution in [3.8, 4) is 0 Å². The normalized spacial score (nSPS) is 27.9.